The Kier molecular flexibility index (Phi) is 5.93. The third-order valence-corrected chi connectivity index (χ3v) is 7.59. The Labute approximate surface area is 181 Å². The molecule has 7 nitrogen and oxygen atoms in total. The van der Waals surface area contributed by atoms with Crippen molar-refractivity contribution in [2.75, 3.05) is 20.2 Å². The van der Waals surface area contributed by atoms with Crippen molar-refractivity contribution in [2.45, 2.75) is 18.6 Å². The van der Waals surface area contributed by atoms with Crippen LogP contribution in [0.3, 0.4) is 0 Å². The van der Waals surface area contributed by atoms with Gasteiger partial charge in [0.15, 0.2) is 0 Å². The normalized spacial score (nSPS) is 15.8. The number of sulfonamides is 1. The summed E-state index contributed by atoms with van der Waals surface area (Å²) in [6, 6.07) is 16.3. The van der Waals surface area contributed by atoms with Gasteiger partial charge in [0.2, 0.25) is 15.9 Å². The summed E-state index contributed by atoms with van der Waals surface area (Å²) in [4.78, 5) is 25.4. The van der Waals surface area contributed by atoms with E-state index in [0.29, 0.717) is 42.4 Å². The number of fused-ring (bicyclic) bond motifs is 1. The van der Waals surface area contributed by atoms with Crippen LogP contribution in [0.4, 0.5) is 0 Å². The number of hydrogen-bond acceptors (Lipinski definition) is 5. The first-order valence-corrected chi connectivity index (χ1v) is 11.8. The number of rotatable bonds is 5. The lowest BCUT2D eigenvalue weighted by atomic mass is 9.97. The molecule has 3 aromatic rings. The summed E-state index contributed by atoms with van der Waals surface area (Å²) in [6.45, 7) is 0.600. The molecule has 0 spiro atoms. The average Bonchev–Trinajstić information content (AvgIpc) is 3.18. The van der Waals surface area contributed by atoms with E-state index in [0.717, 1.165) is 5.56 Å². The molecule has 4 rings (SSSR count). The maximum atomic E-state index is 13.2. The highest BCUT2D eigenvalue weighted by Gasteiger charge is 2.32. The Morgan fingerprint density at radius 1 is 1.00 bits per heavy atom. The lowest BCUT2D eigenvalue weighted by molar-refractivity contribution is 0.0603. The molecule has 0 bridgehead atoms. The van der Waals surface area contributed by atoms with Crippen molar-refractivity contribution in [2.24, 2.45) is 5.92 Å². The van der Waals surface area contributed by atoms with Crippen LogP contribution in [0, 0.1) is 5.92 Å². The van der Waals surface area contributed by atoms with Crippen molar-refractivity contribution < 1.29 is 22.7 Å². The minimum Gasteiger partial charge on any atom is -0.465 e. The molecule has 0 amide bonds. The molecule has 1 aliphatic rings. The van der Waals surface area contributed by atoms with Gasteiger partial charge in [0, 0.05) is 30.6 Å². The van der Waals surface area contributed by atoms with Gasteiger partial charge in [0.05, 0.1) is 23.9 Å². The van der Waals surface area contributed by atoms with Crippen molar-refractivity contribution in [1.29, 1.82) is 0 Å². The first kappa shape index (κ1) is 21.3. The Morgan fingerprint density at radius 2 is 1.65 bits per heavy atom. The number of benzene rings is 2. The topological polar surface area (TPSA) is 85.7 Å². The molecule has 1 aliphatic heterocycles. The van der Waals surface area contributed by atoms with Crippen LogP contribution in [0.25, 0.3) is 10.9 Å². The Bertz CT molecular complexity index is 1210. The average molecular weight is 441 g/mol. The zero-order valence-corrected chi connectivity index (χ0v) is 18.0. The molecular formula is C23H24N2O5S. The third-order valence-electron chi connectivity index (χ3n) is 5.74. The van der Waals surface area contributed by atoms with Crippen LogP contribution in [0.2, 0.25) is 0 Å². The van der Waals surface area contributed by atoms with Gasteiger partial charge in [0.25, 0.3) is 0 Å². The van der Waals surface area contributed by atoms with E-state index in [-0.39, 0.29) is 17.6 Å². The van der Waals surface area contributed by atoms with Gasteiger partial charge in [-0.3, -0.25) is 9.36 Å². The second-order valence-corrected chi connectivity index (χ2v) is 9.64. The largest absolute Gasteiger partial charge is 0.465 e. The van der Waals surface area contributed by atoms with E-state index in [1.165, 1.54) is 22.2 Å². The smallest absolute Gasteiger partial charge is 0.340 e. The van der Waals surface area contributed by atoms with Crippen molar-refractivity contribution in [3.05, 3.63) is 71.9 Å². The fourth-order valence-corrected chi connectivity index (χ4v) is 5.65. The van der Waals surface area contributed by atoms with Crippen molar-refractivity contribution in [1.82, 2.24) is 8.87 Å². The fraction of sp³-hybridized carbons (Fsp3) is 0.304. The molecule has 2 aromatic carbocycles. The standard InChI is InChI=1S/C23H24N2O5S/c1-30-23(27)20-15-25(21-10-6-5-9-19(20)21)22(26)18-11-13-24(14-12-18)31(28,29)16-17-7-3-2-4-8-17/h2-10,15,18H,11-14,16H2,1H3. The van der Waals surface area contributed by atoms with Crippen LogP contribution in [-0.4, -0.2) is 49.4 Å². The number of carbonyl (C=O) groups excluding carboxylic acids is 2. The van der Waals surface area contributed by atoms with E-state index in [1.54, 1.807) is 30.3 Å². The zero-order valence-electron chi connectivity index (χ0n) is 17.2. The molecule has 0 radical (unpaired) electrons. The fourth-order valence-electron chi connectivity index (χ4n) is 4.09. The predicted octanol–water partition coefficient (Wildman–Crippen LogP) is 3.31. The SMILES string of the molecule is COC(=O)c1cn(C(=O)C2CCN(S(=O)(=O)Cc3ccccc3)CC2)c2ccccc12. The quantitative estimate of drug-likeness (QED) is 0.568. The number of methoxy groups -OCH3 is 1. The molecule has 31 heavy (non-hydrogen) atoms. The van der Waals surface area contributed by atoms with Crippen LogP contribution >= 0.6 is 0 Å². The summed E-state index contributed by atoms with van der Waals surface area (Å²) in [5.74, 6) is -0.988. The van der Waals surface area contributed by atoms with Gasteiger partial charge < -0.3 is 4.74 Å². The number of nitrogens with zero attached hydrogens (tertiary/aromatic N) is 2. The van der Waals surface area contributed by atoms with Gasteiger partial charge in [-0.1, -0.05) is 48.5 Å². The second kappa shape index (κ2) is 8.64. The third kappa shape index (κ3) is 4.26. The Morgan fingerprint density at radius 3 is 2.32 bits per heavy atom. The molecule has 1 aromatic heterocycles. The van der Waals surface area contributed by atoms with Gasteiger partial charge >= 0.3 is 5.97 Å². The summed E-state index contributed by atoms with van der Waals surface area (Å²) in [7, 11) is -2.13. The van der Waals surface area contributed by atoms with Gasteiger partial charge in [-0.25, -0.2) is 17.5 Å². The molecule has 8 heteroatoms. The molecule has 0 N–H and O–H groups in total. The van der Waals surface area contributed by atoms with E-state index >= 15 is 0 Å². The maximum Gasteiger partial charge on any atom is 0.340 e. The Hall–Kier alpha value is -2.97. The van der Waals surface area contributed by atoms with Crippen LogP contribution in [-0.2, 0) is 20.5 Å². The van der Waals surface area contributed by atoms with Crippen LogP contribution < -0.4 is 0 Å². The molecule has 1 saturated heterocycles. The van der Waals surface area contributed by atoms with Crippen LogP contribution in [0.5, 0.6) is 0 Å². The highest BCUT2D eigenvalue weighted by Crippen LogP contribution is 2.27. The van der Waals surface area contributed by atoms with Gasteiger partial charge in [-0.05, 0) is 24.5 Å². The van der Waals surface area contributed by atoms with Crippen molar-refractivity contribution >= 4 is 32.8 Å². The number of aromatic nitrogens is 1. The minimum atomic E-state index is -3.44. The lowest BCUT2D eigenvalue weighted by Crippen LogP contribution is -2.41. The van der Waals surface area contributed by atoms with Crippen LogP contribution in [0.15, 0.2) is 60.8 Å². The number of esters is 1. The maximum absolute atomic E-state index is 13.2. The summed E-state index contributed by atoms with van der Waals surface area (Å²) < 4.78 is 33.4. The highest BCUT2D eigenvalue weighted by atomic mass is 32.2. The molecular weight excluding hydrogens is 416 g/mol. The summed E-state index contributed by atoms with van der Waals surface area (Å²) in [5.41, 5.74) is 1.73. The highest BCUT2D eigenvalue weighted by molar-refractivity contribution is 7.88. The second-order valence-electron chi connectivity index (χ2n) is 7.67. The minimum absolute atomic E-state index is 0.0445. The molecule has 162 valence electrons. The van der Waals surface area contributed by atoms with E-state index in [1.807, 2.05) is 24.3 Å². The van der Waals surface area contributed by atoms with Gasteiger partial charge in [-0.15, -0.1) is 0 Å². The van der Waals surface area contributed by atoms with E-state index in [2.05, 4.69) is 0 Å². The first-order chi connectivity index (χ1) is 14.9. The molecule has 2 heterocycles. The molecule has 0 atom stereocenters. The summed E-state index contributed by atoms with van der Waals surface area (Å²) in [5, 5.41) is 0.658. The number of ether oxygens (including phenoxy) is 1. The first-order valence-electron chi connectivity index (χ1n) is 10.1. The summed E-state index contributed by atoms with van der Waals surface area (Å²) >= 11 is 0. The number of hydrogen-bond donors (Lipinski definition) is 0. The molecule has 0 aliphatic carbocycles. The van der Waals surface area contributed by atoms with Gasteiger partial charge in [0.1, 0.15) is 0 Å². The Balaban J connectivity index is 1.49. The van der Waals surface area contributed by atoms with Gasteiger partial charge in [-0.2, -0.15) is 0 Å². The van der Waals surface area contributed by atoms with E-state index < -0.39 is 16.0 Å². The zero-order chi connectivity index (χ0) is 22.0. The number of piperidine rings is 1. The summed E-state index contributed by atoms with van der Waals surface area (Å²) in [6.07, 6.45) is 2.40. The number of carbonyl (C=O) groups is 2. The van der Waals surface area contributed by atoms with Crippen molar-refractivity contribution in [3.8, 4) is 0 Å². The van der Waals surface area contributed by atoms with Crippen molar-refractivity contribution in [3.63, 3.8) is 0 Å². The number of para-hydroxylation sites is 1. The molecule has 0 unspecified atom stereocenters. The molecule has 0 saturated carbocycles. The predicted molar refractivity (Wildman–Crippen MR) is 117 cm³/mol. The van der Waals surface area contributed by atoms with Crippen LogP contribution in [0.1, 0.15) is 33.6 Å². The lowest BCUT2D eigenvalue weighted by Gasteiger charge is -2.30. The monoisotopic (exact) mass is 440 g/mol. The van der Waals surface area contributed by atoms with E-state index in [4.69, 9.17) is 4.74 Å². The van der Waals surface area contributed by atoms with E-state index in [9.17, 15) is 18.0 Å². The molecule has 1 fully saturated rings.